The first-order chi connectivity index (χ1) is 8.32. The second-order valence-corrected chi connectivity index (χ2v) is 5.67. The second kappa shape index (κ2) is 6.10. The van der Waals surface area contributed by atoms with Crippen molar-refractivity contribution in [2.24, 2.45) is 11.7 Å². The molecule has 0 amide bonds. The average molecular weight is 250 g/mol. The summed E-state index contributed by atoms with van der Waals surface area (Å²) in [7, 11) is 0. The Bertz CT molecular complexity index is 386. The van der Waals surface area contributed by atoms with E-state index in [1.807, 2.05) is 25.1 Å². The van der Waals surface area contributed by atoms with Crippen molar-refractivity contribution in [3.8, 4) is 5.75 Å². The molecule has 0 bridgehead atoms. The number of rotatable bonds is 5. The van der Waals surface area contributed by atoms with E-state index >= 15 is 0 Å². The van der Waals surface area contributed by atoms with E-state index in [0.717, 1.165) is 17.8 Å². The lowest BCUT2D eigenvalue weighted by Crippen LogP contribution is -2.34. The highest BCUT2D eigenvalue weighted by Crippen LogP contribution is 2.29. The van der Waals surface area contributed by atoms with Crippen molar-refractivity contribution in [3.63, 3.8) is 0 Å². The third-order valence-electron chi connectivity index (χ3n) is 3.02. The first-order valence-corrected chi connectivity index (χ1v) is 6.68. The Hall–Kier alpha value is -1.22. The minimum atomic E-state index is -0.142. The Balaban J connectivity index is 3.03. The van der Waals surface area contributed by atoms with Crippen LogP contribution >= 0.6 is 0 Å². The standard InChI is InChI=1S/C15H26N2O/c1-10(2)9-17(11(3)4)13-6-7-14(12(5)16)15(18)8-13/h6-8,10-12,18H,9,16H2,1-5H3. The lowest BCUT2D eigenvalue weighted by atomic mass is 10.1. The smallest absolute Gasteiger partial charge is 0.122 e. The van der Waals surface area contributed by atoms with Gasteiger partial charge in [-0.1, -0.05) is 19.9 Å². The van der Waals surface area contributed by atoms with E-state index in [1.165, 1.54) is 0 Å². The topological polar surface area (TPSA) is 49.5 Å². The van der Waals surface area contributed by atoms with Crippen LogP contribution in [0.15, 0.2) is 18.2 Å². The van der Waals surface area contributed by atoms with Crippen LogP contribution in [0.3, 0.4) is 0 Å². The summed E-state index contributed by atoms with van der Waals surface area (Å²) in [6.45, 7) is 11.6. The molecule has 3 nitrogen and oxygen atoms in total. The summed E-state index contributed by atoms with van der Waals surface area (Å²) in [4.78, 5) is 2.30. The zero-order valence-corrected chi connectivity index (χ0v) is 12.1. The number of phenols is 1. The van der Waals surface area contributed by atoms with Gasteiger partial charge in [-0.15, -0.1) is 0 Å². The van der Waals surface area contributed by atoms with Crippen molar-refractivity contribution in [1.82, 2.24) is 0 Å². The minimum absolute atomic E-state index is 0.142. The zero-order valence-electron chi connectivity index (χ0n) is 12.1. The highest BCUT2D eigenvalue weighted by molar-refractivity contribution is 5.54. The molecular formula is C15H26N2O. The van der Waals surface area contributed by atoms with Gasteiger partial charge in [0, 0.05) is 35.9 Å². The van der Waals surface area contributed by atoms with Gasteiger partial charge in [-0.25, -0.2) is 0 Å². The fourth-order valence-corrected chi connectivity index (χ4v) is 2.10. The van der Waals surface area contributed by atoms with Crippen LogP contribution in [-0.2, 0) is 0 Å². The maximum atomic E-state index is 10.0. The van der Waals surface area contributed by atoms with Crippen LogP contribution in [0.25, 0.3) is 0 Å². The molecule has 1 aromatic rings. The fraction of sp³-hybridized carbons (Fsp3) is 0.600. The maximum absolute atomic E-state index is 10.0. The molecule has 102 valence electrons. The minimum Gasteiger partial charge on any atom is -0.508 e. The number of benzene rings is 1. The van der Waals surface area contributed by atoms with E-state index in [2.05, 4.69) is 32.6 Å². The summed E-state index contributed by atoms with van der Waals surface area (Å²) < 4.78 is 0. The number of hydrogen-bond donors (Lipinski definition) is 2. The van der Waals surface area contributed by atoms with Crippen LogP contribution in [0.1, 0.15) is 46.2 Å². The van der Waals surface area contributed by atoms with Crippen molar-refractivity contribution in [2.75, 3.05) is 11.4 Å². The molecule has 0 fully saturated rings. The van der Waals surface area contributed by atoms with E-state index in [1.54, 1.807) is 0 Å². The van der Waals surface area contributed by atoms with Crippen molar-refractivity contribution in [2.45, 2.75) is 46.7 Å². The third-order valence-corrected chi connectivity index (χ3v) is 3.02. The Kier molecular flexibility index (Phi) is 5.03. The third kappa shape index (κ3) is 3.64. The first-order valence-electron chi connectivity index (χ1n) is 6.68. The molecule has 0 aliphatic heterocycles. The largest absolute Gasteiger partial charge is 0.508 e. The van der Waals surface area contributed by atoms with Crippen LogP contribution in [0.4, 0.5) is 5.69 Å². The summed E-state index contributed by atoms with van der Waals surface area (Å²) in [5, 5.41) is 10.0. The van der Waals surface area contributed by atoms with Crippen molar-refractivity contribution in [3.05, 3.63) is 23.8 Å². The zero-order chi connectivity index (χ0) is 13.9. The molecule has 0 saturated carbocycles. The van der Waals surface area contributed by atoms with Gasteiger partial charge in [-0.3, -0.25) is 0 Å². The summed E-state index contributed by atoms with van der Waals surface area (Å²) in [6.07, 6.45) is 0. The molecule has 1 aromatic carbocycles. The quantitative estimate of drug-likeness (QED) is 0.843. The molecule has 0 saturated heterocycles. The normalized spacial score (nSPS) is 13.1. The molecule has 0 spiro atoms. The molecule has 1 atom stereocenters. The Morgan fingerprint density at radius 3 is 2.17 bits per heavy atom. The molecular weight excluding hydrogens is 224 g/mol. The first kappa shape index (κ1) is 14.8. The van der Waals surface area contributed by atoms with Crippen LogP contribution < -0.4 is 10.6 Å². The van der Waals surface area contributed by atoms with Crippen LogP contribution in [0.2, 0.25) is 0 Å². The van der Waals surface area contributed by atoms with E-state index in [-0.39, 0.29) is 11.8 Å². The SMILES string of the molecule is CC(C)CN(c1ccc(C(C)N)c(O)c1)C(C)C. The summed E-state index contributed by atoms with van der Waals surface area (Å²) in [5.74, 6) is 0.875. The lowest BCUT2D eigenvalue weighted by molar-refractivity contribution is 0.463. The van der Waals surface area contributed by atoms with Gasteiger partial charge in [0.05, 0.1) is 0 Å². The number of aromatic hydroxyl groups is 1. The number of nitrogens with two attached hydrogens (primary N) is 1. The average Bonchev–Trinajstić information content (AvgIpc) is 2.24. The monoisotopic (exact) mass is 250 g/mol. The van der Waals surface area contributed by atoms with Gasteiger partial charge >= 0.3 is 0 Å². The van der Waals surface area contributed by atoms with E-state index < -0.39 is 0 Å². The Labute approximate surface area is 111 Å². The lowest BCUT2D eigenvalue weighted by Gasteiger charge is -2.31. The van der Waals surface area contributed by atoms with Crippen LogP contribution in [-0.4, -0.2) is 17.7 Å². The highest BCUT2D eigenvalue weighted by Gasteiger charge is 2.14. The summed E-state index contributed by atoms with van der Waals surface area (Å²) in [5.41, 5.74) is 7.66. The van der Waals surface area contributed by atoms with Gasteiger partial charge in [0.1, 0.15) is 5.75 Å². The molecule has 0 aliphatic rings. The molecule has 3 heteroatoms. The Morgan fingerprint density at radius 2 is 1.78 bits per heavy atom. The van der Waals surface area contributed by atoms with Gasteiger partial charge in [-0.2, -0.15) is 0 Å². The predicted molar refractivity (Wildman–Crippen MR) is 78.0 cm³/mol. The van der Waals surface area contributed by atoms with Gasteiger partial charge < -0.3 is 15.7 Å². The number of hydrogen-bond acceptors (Lipinski definition) is 3. The van der Waals surface area contributed by atoms with Gasteiger partial charge in [0.15, 0.2) is 0 Å². The van der Waals surface area contributed by atoms with Gasteiger partial charge in [-0.05, 0) is 32.8 Å². The van der Waals surface area contributed by atoms with Crippen molar-refractivity contribution >= 4 is 5.69 Å². The van der Waals surface area contributed by atoms with E-state index in [4.69, 9.17) is 5.73 Å². The number of phenolic OH excluding ortho intramolecular Hbond substituents is 1. The molecule has 0 aromatic heterocycles. The van der Waals surface area contributed by atoms with Gasteiger partial charge in [0.25, 0.3) is 0 Å². The number of anilines is 1. The second-order valence-electron chi connectivity index (χ2n) is 5.67. The summed E-state index contributed by atoms with van der Waals surface area (Å²) >= 11 is 0. The van der Waals surface area contributed by atoms with Crippen molar-refractivity contribution in [1.29, 1.82) is 0 Å². The molecule has 0 radical (unpaired) electrons. The molecule has 0 aliphatic carbocycles. The van der Waals surface area contributed by atoms with Crippen LogP contribution in [0, 0.1) is 5.92 Å². The van der Waals surface area contributed by atoms with E-state index in [9.17, 15) is 5.11 Å². The fourth-order valence-electron chi connectivity index (χ4n) is 2.10. The van der Waals surface area contributed by atoms with Gasteiger partial charge in [0.2, 0.25) is 0 Å². The summed E-state index contributed by atoms with van der Waals surface area (Å²) in [6, 6.07) is 6.05. The molecule has 0 heterocycles. The molecule has 3 N–H and O–H groups in total. The van der Waals surface area contributed by atoms with Crippen LogP contribution in [0.5, 0.6) is 5.75 Å². The highest BCUT2D eigenvalue weighted by atomic mass is 16.3. The number of nitrogens with zero attached hydrogens (tertiary/aromatic N) is 1. The molecule has 18 heavy (non-hydrogen) atoms. The van der Waals surface area contributed by atoms with E-state index in [0.29, 0.717) is 12.0 Å². The molecule has 1 unspecified atom stereocenters. The molecule has 1 rings (SSSR count). The van der Waals surface area contributed by atoms with Crippen molar-refractivity contribution < 1.29 is 5.11 Å². The Morgan fingerprint density at radius 1 is 1.17 bits per heavy atom. The predicted octanol–water partition coefficient (Wildman–Crippen LogP) is 3.28. The maximum Gasteiger partial charge on any atom is 0.122 e.